The molecule has 266 valence electrons. The van der Waals surface area contributed by atoms with Gasteiger partial charge in [0.15, 0.2) is 16.3 Å². The summed E-state index contributed by atoms with van der Waals surface area (Å²) in [5.41, 5.74) is 3.90. The highest BCUT2D eigenvalue weighted by molar-refractivity contribution is 7.07. The van der Waals surface area contributed by atoms with E-state index in [9.17, 15) is 14.4 Å². The topological polar surface area (TPSA) is 115 Å². The van der Waals surface area contributed by atoms with Crippen molar-refractivity contribution in [3.8, 4) is 17.2 Å². The van der Waals surface area contributed by atoms with Crippen molar-refractivity contribution < 1.29 is 33.3 Å². The maximum Gasteiger partial charge on any atom is 0.338 e. The van der Waals surface area contributed by atoms with Gasteiger partial charge in [0, 0.05) is 5.56 Å². The number of benzene rings is 4. The van der Waals surface area contributed by atoms with Gasteiger partial charge >= 0.3 is 11.9 Å². The molecule has 0 bridgehead atoms. The fourth-order valence-corrected chi connectivity index (χ4v) is 6.81. The maximum absolute atomic E-state index is 14.3. The summed E-state index contributed by atoms with van der Waals surface area (Å²) in [4.78, 5) is 45.4. The molecule has 0 unspecified atom stereocenters. The van der Waals surface area contributed by atoms with Crippen LogP contribution in [0.3, 0.4) is 0 Å². The number of methoxy groups -OCH3 is 1. The van der Waals surface area contributed by atoms with Crippen molar-refractivity contribution in [3.63, 3.8) is 0 Å². The van der Waals surface area contributed by atoms with E-state index in [1.54, 1.807) is 61.9 Å². The van der Waals surface area contributed by atoms with Gasteiger partial charge in [-0.05, 0) is 79.9 Å². The Morgan fingerprint density at radius 2 is 1.52 bits per heavy atom. The number of hydrogen-bond acceptors (Lipinski definition) is 10. The second kappa shape index (κ2) is 16.4. The molecular formula is C41H38N2O8S. The molecule has 1 aliphatic rings. The number of ether oxygens (including phenoxy) is 5. The van der Waals surface area contributed by atoms with Crippen LogP contribution in [0, 0.1) is 0 Å². The SMILES string of the molecule is CCOC(=O)C1=C(c2ccccc2)N=c2s/c(=C\c3ccc(OCc4ccc(C(=O)OCC)cc4)c(OCC)c3)c(=O)n2[C@H]1c1ccc(OC)cc1. The van der Waals surface area contributed by atoms with Crippen molar-refractivity contribution in [1.29, 1.82) is 0 Å². The minimum Gasteiger partial charge on any atom is -0.497 e. The maximum atomic E-state index is 14.3. The summed E-state index contributed by atoms with van der Waals surface area (Å²) >= 11 is 1.24. The average molecular weight is 719 g/mol. The largest absolute Gasteiger partial charge is 0.497 e. The first-order valence-corrected chi connectivity index (χ1v) is 17.7. The molecule has 2 heterocycles. The third kappa shape index (κ3) is 7.69. The van der Waals surface area contributed by atoms with E-state index in [0.717, 1.165) is 11.1 Å². The summed E-state index contributed by atoms with van der Waals surface area (Å²) in [7, 11) is 1.58. The summed E-state index contributed by atoms with van der Waals surface area (Å²) in [5.74, 6) is 0.766. The number of carbonyl (C=O) groups excluding carboxylic acids is 2. The lowest BCUT2D eigenvalue weighted by molar-refractivity contribution is -0.138. The summed E-state index contributed by atoms with van der Waals surface area (Å²) in [6.07, 6.45) is 1.78. The zero-order chi connectivity index (χ0) is 36.6. The summed E-state index contributed by atoms with van der Waals surface area (Å²) in [6, 6.07) is 28.4. The average Bonchev–Trinajstić information content (AvgIpc) is 3.48. The number of carbonyl (C=O) groups is 2. The lowest BCUT2D eigenvalue weighted by Gasteiger charge is -2.26. The zero-order valence-electron chi connectivity index (χ0n) is 29.3. The quantitative estimate of drug-likeness (QED) is 0.134. The number of rotatable bonds is 13. The van der Waals surface area contributed by atoms with Crippen molar-refractivity contribution >= 4 is 35.0 Å². The normalized spacial score (nSPS) is 13.9. The second-order valence-corrected chi connectivity index (χ2v) is 12.6. The third-order valence-electron chi connectivity index (χ3n) is 8.23. The molecule has 0 fully saturated rings. The molecule has 4 aromatic carbocycles. The number of thiazole rings is 1. The molecule has 52 heavy (non-hydrogen) atoms. The monoisotopic (exact) mass is 718 g/mol. The molecule has 0 N–H and O–H groups in total. The van der Waals surface area contributed by atoms with Crippen molar-refractivity contribution in [2.45, 2.75) is 33.4 Å². The van der Waals surface area contributed by atoms with E-state index in [4.69, 9.17) is 28.7 Å². The van der Waals surface area contributed by atoms with Crippen LogP contribution < -0.4 is 29.1 Å². The van der Waals surface area contributed by atoms with Gasteiger partial charge in [-0.2, -0.15) is 0 Å². The van der Waals surface area contributed by atoms with Crippen LogP contribution >= 0.6 is 11.3 Å². The molecular weight excluding hydrogens is 681 g/mol. The van der Waals surface area contributed by atoms with E-state index in [-0.39, 0.29) is 30.3 Å². The van der Waals surface area contributed by atoms with Crippen LogP contribution in [0.25, 0.3) is 11.8 Å². The molecule has 1 atom stereocenters. The highest BCUT2D eigenvalue weighted by Crippen LogP contribution is 2.36. The van der Waals surface area contributed by atoms with Crippen LogP contribution in [0.15, 0.2) is 112 Å². The molecule has 11 heteroatoms. The van der Waals surface area contributed by atoms with Crippen LogP contribution in [0.1, 0.15) is 59.4 Å². The van der Waals surface area contributed by atoms with E-state index in [0.29, 0.717) is 62.2 Å². The van der Waals surface area contributed by atoms with E-state index in [1.807, 2.05) is 73.7 Å². The molecule has 0 spiro atoms. The highest BCUT2D eigenvalue weighted by atomic mass is 32.1. The fraction of sp³-hybridized carbons (Fsp3) is 0.220. The molecule has 10 nitrogen and oxygen atoms in total. The Morgan fingerprint density at radius 1 is 0.808 bits per heavy atom. The lowest BCUT2D eigenvalue weighted by Crippen LogP contribution is -2.40. The standard InChI is InChI=1S/C41H38N2O8S/c1-5-48-33-23-27(15-22-32(33)51-25-26-13-16-30(17-14-26)39(45)49-6-2)24-34-38(44)43-37(29-18-20-31(47-4)21-19-29)35(40(46)50-7-3)36(42-41(43)52-34)28-11-9-8-10-12-28/h8-24,37H,5-7,25H2,1-4H3/b34-24-/t37-/m0/s1. The van der Waals surface area contributed by atoms with Crippen molar-refractivity contribution in [1.82, 2.24) is 4.57 Å². The Kier molecular flexibility index (Phi) is 11.3. The lowest BCUT2D eigenvalue weighted by atomic mass is 9.93. The molecule has 6 rings (SSSR count). The molecule has 0 aliphatic carbocycles. The van der Waals surface area contributed by atoms with Crippen molar-refractivity contribution in [3.05, 3.63) is 150 Å². The van der Waals surface area contributed by atoms with Crippen LogP contribution in [0.5, 0.6) is 17.2 Å². The van der Waals surface area contributed by atoms with Gasteiger partial charge in [-0.1, -0.05) is 72.0 Å². The third-order valence-corrected chi connectivity index (χ3v) is 9.21. The number of nitrogens with zero attached hydrogens (tertiary/aromatic N) is 2. The van der Waals surface area contributed by atoms with Gasteiger partial charge in [0.05, 0.1) is 54.3 Å². The fourth-order valence-electron chi connectivity index (χ4n) is 5.81. The van der Waals surface area contributed by atoms with Gasteiger partial charge in [-0.15, -0.1) is 0 Å². The van der Waals surface area contributed by atoms with E-state index in [1.165, 1.54) is 11.3 Å². The summed E-state index contributed by atoms with van der Waals surface area (Å²) in [5, 5.41) is 0. The van der Waals surface area contributed by atoms with Gasteiger partial charge in [0.25, 0.3) is 5.56 Å². The van der Waals surface area contributed by atoms with Crippen LogP contribution in [-0.2, 0) is 20.9 Å². The molecule has 0 amide bonds. The first-order valence-electron chi connectivity index (χ1n) is 16.9. The Hall–Kier alpha value is -5.94. The van der Waals surface area contributed by atoms with E-state index >= 15 is 0 Å². The van der Waals surface area contributed by atoms with Gasteiger partial charge in [-0.3, -0.25) is 9.36 Å². The Bertz CT molecular complexity index is 2270. The first kappa shape index (κ1) is 35.9. The Morgan fingerprint density at radius 3 is 2.19 bits per heavy atom. The molecule has 0 saturated carbocycles. The smallest absolute Gasteiger partial charge is 0.338 e. The highest BCUT2D eigenvalue weighted by Gasteiger charge is 2.35. The molecule has 1 aliphatic heterocycles. The number of aromatic nitrogens is 1. The first-order chi connectivity index (χ1) is 25.3. The van der Waals surface area contributed by atoms with E-state index in [2.05, 4.69) is 0 Å². The van der Waals surface area contributed by atoms with Crippen LogP contribution in [0.4, 0.5) is 0 Å². The van der Waals surface area contributed by atoms with Gasteiger partial charge < -0.3 is 23.7 Å². The minimum absolute atomic E-state index is 0.161. The predicted molar refractivity (Wildman–Crippen MR) is 198 cm³/mol. The van der Waals surface area contributed by atoms with Gasteiger partial charge in [0.1, 0.15) is 12.4 Å². The van der Waals surface area contributed by atoms with Gasteiger partial charge in [-0.25, -0.2) is 14.6 Å². The molecule has 0 saturated heterocycles. The van der Waals surface area contributed by atoms with Crippen molar-refractivity contribution in [2.75, 3.05) is 26.9 Å². The molecule has 5 aromatic rings. The predicted octanol–water partition coefficient (Wildman–Crippen LogP) is 6.10. The minimum atomic E-state index is -0.806. The van der Waals surface area contributed by atoms with E-state index < -0.39 is 12.0 Å². The Balaban J connectivity index is 1.40. The Labute approximate surface area is 304 Å². The summed E-state index contributed by atoms with van der Waals surface area (Å²) in [6.45, 7) is 6.51. The van der Waals surface area contributed by atoms with Gasteiger partial charge in [0.2, 0.25) is 0 Å². The second-order valence-electron chi connectivity index (χ2n) is 11.5. The number of fused-ring (bicyclic) bond motifs is 1. The van der Waals surface area contributed by atoms with Crippen molar-refractivity contribution in [2.24, 2.45) is 4.99 Å². The number of hydrogen-bond donors (Lipinski definition) is 0. The molecule has 1 aromatic heterocycles. The molecule has 0 radical (unpaired) electrons. The number of esters is 2. The zero-order valence-corrected chi connectivity index (χ0v) is 30.1. The van der Waals surface area contributed by atoms with Crippen LogP contribution in [-0.4, -0.2) is 43.4 Å². The van der Waals surface area contributed by atoms with Crippen LogP contribution in [0.2, 0.25) is 0 Å². The summed E-state index contributed by atoms with van der Waals surface area (Å²) < 4.78 is 30.1.